The number of nitrogens with one attached hydrogen (secondary N) is 1. The molecule has 20 heteroatoms. The van der Waals surface area contributed by atoms with Gasteiger partial charge in [-0.2, -0.15) is 9.97 Å². The summed E-state index contributed by atoms with van der Waals surface area (Å²) in [7, 11) is 1.75. The molecule has 4 atom stereocenters. The van der Waals surface area contributed by atoms with E-state index in [1.54, 1.807) is 29.2 Å². The van der Waals surface area contributed by atoms with Crippen molar-refractivity contribution in [3.8, 4) is 23.0 Å². The van der Waals surface area contributed by atoms with E-state index in [9.17, 15) is 29.4 Å². The van der Waals surface area contributed by atoms with Crippen LogP contribution in [-0.4, -0.2) is 149 Å². The monoisotopic (exact) mass is 1110 g/mol. The number of aryl methyl sites for hydroxylation is 2. The molecule has 6 saturated heterocycles. The Labute approximate surface area is 468 Å². The first-order valence-corrected chi connectivity index (χ1v) is 29.4. The number of ether oxygens (including phenoxy) is 2. The minimum atomic E-state index is -1.00. The smallest absolute Gasteiger partial charge is 0.409 e. The molecule has 3 amide bonds. The van der Waals surface area contributed by atoms with Gasteiger partial charge in [0.25, 0.3) is 0 Å². The molecule has 13 rings (SSSR count). The number of likely N-dealkylation sites (tertiary alicyclic amines) is 2. The maximum Gasteiger partial charge on any atom is 0.409 e. The van der Waals surface area contributed by atoms with Crippen molar-refractivity contribution in [2.45, 2.75) is 145 Å². The number of pyridine rings is 1. The summed E-state index contributed by atoms with van der Waals surface area (Å²) in [5.41, 5.74) is 1.96. The standard InChI is InChI=1S/C61H72F2N10O8/c1-4-42-45(62)9-7-38-27-41(74)29-43(50(38)42)52-51(63)53-44(30-64-52)54(70-23-5-18-59(2,79)32-70)67-56(66-53)81-35-61-19-6-24-72(61)40(15-22-61)31-80-58(78)69-25-16-39(17-26-69)71-33-60(34-71)20-13-36(14-21-60)37-8-10-46-48(28-37)68(3)57(77)73(46)47-11-12-49(75)65-55(47)76/h7-10,27-30,36,39-40,47,74,79H,4-6,11-26,31-35H2,1-3H3,(H,65,75,76)/t40-,47?,59+,61-/m0/s1. The number of halogens is 2. The number of carbonyl (C=O) groups excluding carboxylic acids is 3. The second-order valence-corrected chi connectivity index (χ2v) is 24.9. The molecule has 0 bridgehead atoms. The average Bonchev–Trinajstić information content (AvgIpc) is 4.32. The predicted molar refractivity (Wildman–Crippen MR) is 300 cm³/mol. The topological polar surface area (TPSA) is 201 Å². The highest BCUT2D eigenvalue weighted by Crippen LogP contribution is 2.50. The molecule has 3 aromatic carbocycles. The number of imide groups is 1. The molecule has 18 nitrogen and oxygen atoms in total. The number of hydrogen-bond donors (Lipinski definition) is 3. The third kappa shape index (κ3) is 9.55. The van der Waals surface area contributed by atoms with Crippen LogP contribution >= 0.6 is 0 Å². The molecule has 1 aliphatic carbocycles. The van der Waals surface area contributed by atoms with E-state index in [0.29, 0.717) is 95.7 Å². The Bertz CT molecular complexity index is 3560. The zero-order valence-electron chi connectivity index (χ0n) is 46.5. The van der Waals surface area contributed by atoms with E-state index in [2.05, 4.69) is 32.2 Å². The number of fused-ring (bicyclic) bond motifs is 4. The fourth-order valence-electron chi connectivity index (χ4n) is 15.4. The normalized spacial score (nSPS) is 25.8. The van der Waals surface area contributed by atoms with Crippen LogP contribution in [0.5, 0.6) is 11.8 Å². The van der Waals surface area contributed by atoms with E-state index < -0.39 is 29.2 Å². The van der Waals surface area contributed by atoms with Gasteiger partial charge in [0.2, 0.25) is 11.8 Å². The Morgan fingerprint density at radius 2 is 1.67 bits per heavy atom. The second-order valence-electron chi connectivity index (χ2n) is 24.9. The van der Waals surface area contributed by atoms with Crippen LogP contribution in [0.25, 0.3) is 44.0 Å². The summed E-state index contributed by atoms with van der Waals surface area (Å²) < 4.78 is 48.4. The minimum Gasteiger partial charge on any atom is -0.508 e. The van der Waals surface area contributed by atoms with Gasteiger partial charge in [-0.25, -0.2) is 18.4 Å². The van der Waals surface area contributed by atoms with Crippen LogP contribution < -0.4 is 20.6 Å². The van der Waals surface area contributed by atoms with Crippen molar-refractivity contribution in [1.29, 1.82) is 0 Å². The second kappa shape index (κ2) is 20.6. The Morgan fingerprint density at radius 3 is 2.43 bits per heavy atom. The molecule has 9 heterocycles. The number of imidazole rings is 1. The van der Waals surface area contributed by atoms with Gasteiger partial charge in [0.15, 0.2) is 5.82 Å². The number of nitrogens with zero attached hydrogens (tertiary/aromatic N) is 9. The van der Waals surface area contributed by atoms with Gasteiger partial charge in [-0.05, 0) is 167 Å². The van der Waals surface area contributed by atoms with Crippen LogP contribution in [0.3, 0.4) is 0 Å². The lowest BCUT2D eigenvalue weighted by atomic mass is 9.64. The Balaban J connectivity index is 0.623. The first-order valence-electron chi connectivity index (χ1n) is 29.4. The molecule has 1 unspecified atom stereocenters. The summed E-state index contributed by atoms with van der Waals surface area (Å²) in [5, 5.41) is 25.7. The van der Waals surface area contributed by atoms with Crippen molar-refractivity contribution >= 4 is 56.4 Å². The van der Waals surface area contributed by atoms with Crippen molar-refractivity contribution in [2.75, 3.05) is 63.9 Å². The van der Waals surface area contributed by atoms with Gasteiger partial charge in [0.05, 0.1) is 27.6 Å². The highest BCUT2D eigenvalue weighted by molar-refractivity contribution is 6.02. The highest BCUT2D eigenvalue weighted by Gasteiger charge is 2.51. The predicted octanol–water partition coefficient (Wildman–Crippen LogP) is 8.01. The van der Waals surface area contributed by atoms with Crippen molar-refractivity contribution in [2.24, 2.45) is 12.5 Å². The molecular formula is C61H72F2N10O8. The zero-order valence-corrected chi connectivity index (χ0v) is 46.5. The van der Waals surface area contributed by atoms with Crippen molar-refractivity contribution in [3.05, 3.63) is 81.9 Å². The third-order valence-corrected chi connectivity index (χ3v) is 19.8. The number of anilines is 1. The van der Waals surface area contributed by atoms with Gasteiger partial charge in [-0.3, -0.25) is 38.8 Å². The third-order valence-electron chi connectivity index (χ3n) is 19.8. The van der Waals surface area contributed by atoms with Gasteiger partial charge < -0.3 is 29.5 Å². The average molecular weight is 1110 g/mol. The van der Waals surface area contributed by atoms with Gasteiger partial charge in [0, 0.05) is 76.6 Å². The summed E-state index contributed by atoms with van der Waals surface area (Å²) in [4.78, 5) is 74.6. The number of phenolic OH excluding ortho intramolecular Hbond substituents is 1. The zero-order chi connectivity index (χ0) is 56.1. The quantitative estimate of drug-likeness (QED) is 0.105. The number of carbonyl (C=O) groups is 3. The highest BCUT2D eigenvalue weighted by atomic mass is 19.1. The van der Waals surface area contributed by atoms with Crippen LogP contribution in [0.4, 0.5) is 19.4 Å². The van der Waals surface area contributed by atoms with Crippen LogP contribution in [0, 0.1) is 17.0 Å². The van der Waals surface area contributed by atoms with Gasteiger partial charge in [-0.1, -0.05) is 19.1 Å². The summed E-state index contributed by atoms with van der Waals surface area (Å²) in [6, 6.07) is 11.8. The lowest BCUT2D eigenvalue weighted by Gasteiger charge is -2.57. The minimum absolute atomic E-state index is 0.0106. The van der Waals surface area contributed by atoms with Crippen LogP contribution in [0.1, 0.15) is 127 Å². The fraction of sp³-hybridized carbons (Fsp3) is 0.557. The maximum atomic E-state index is 17.3. The number of β-amino-alcohol motifs (C(OH)–C–C–N with tert-alkyl or cyclic N) is 1. The molecule has 7 fully saturated rings. The van der Waals surface area contributed by atoms with E-state index in [1.165, 1.54) is 30.0 Å². The molecule has 81 heavy (non-hydrogen) atoms. The van der Waals surface area contributed by atoms with E-state index in [1.807, 2.05) is 22.8 Å². The molecule has 1 spiro atoms. The van der Waals surface area contributed by atoms with E-state index in [0.717, 1.165) is 89.4 Å². The molecule has 3 aromatic heterocycles. The van der Waals surface area contributed by atoms with Crippen molar-refractivity contribution < 1.29 is 42.9 Å². The first-order chi connectivity index (χ1) is 39.0. The molecule has 428 valence electrons. The number of benzene rings is 3. The van der Waals surface area contributed by atoms with Crippen LogP contribution in [0.2, 0.25) is 0 Å². The molecule has 3 N–H and O–H groups in total. The number of hydrogen-bond acceptors (Lipinski definition) is 14. The molecule has 6 aliphatic heterocycles. The number of rotatable bonds is 11. The van der Waals surface area contributed by atoms with Gasteiger partial charge in [0.1, 0.15) is 47.9 Å². The summed E-state index contributed by atoms with van der Waals surface area (Å²) in [5.74, 6) is -1.24. The lowest BCUT2D eigenvalue weighted by Crippen LogP contribution is -2.62. The van der Waals surface area contributed by atoms with Crippen molar-refractivity contribution in [3.63, 3.8) is 0 Å². The SMILES string of the molecule is CCc1c(F)ccc2cc(O)cc(-c3ncc4c(N5CCC[C@@](C)(O)C5)nc(OC[C@@]56CCCN5[C@H](COC(=O)N5CCC(N7CC8(CCC(c9ccc%10c(c9)n(C)c(=O)n%10C9CCC(=O)NC9=O)CC8)C7)CC5)CC6)nc4c3F)c12. The molecule has 7 aliphatic rings. The Morgan fingerprint density at radius 1 is 0.877 bits per heavy atom. The molecular weight excluding hydrogens is 1040 g/mol. The maximum absolute atomic E-state index is 17.3. The van der Waals surface area contributed by atoms with E-state index >= 15 is 8.78 Å². The molecule has 1 saturated carbocycles. The van der Waals surface area contributed by atoms with Crippen molar-refractivity contribution in [1.82, 2.24) is 44.1 Å². The first kappa shape index (κ1) is 53.5. The number of aromatic nitrogens is 5. The lowest BCUT2D eigenvalue weighted by molar-refractivity contribution is -0.135. The van der Waals surface area contributed by atoms with Crippen LogP contribution in [-0.2, 0) is 27.8 Å². The summed E-state index contributed by atoms with van der Waals surface area (Å²) in [6.45, 7) is 9.24. The molecule has 6 aromatic rings. The summed E-state index contributed by atoms with van der Waals surface area (Å²) >= 11 is 0. The fourth-order valence-corrected chi connectivity index (χ4v) is 15.4. The van der Waals surface area contributed by atoms with Gasteiger partial charge in [-0.15, -0.1) is 0 Å². The number of aromatic hydroxyl groups is 1. The van der Waals surface area contributed by atoms with E-state index in [-0.39, 0.29) is 84.0 Å². The Hall–Kier alpha value is -6.77. The van der Waals surface area contributed by atoms with E-state index in [4.69, 9.17) is 19.4 Å². The number of aliphatic hydroxyl groups is 1. The number of piperidine rings is 3. The Kier molecular flexibility index (Phi) is 13.6. The van der Waals surface area contributed by atoms with Gasteiger partial charge >= 0.3 is 17.8 Å². The molecule has 0 radical (unpaired) electrons. The number of phenols is 1. The number of amides is 3. The largest absolute Gasteiger partial charge is 0.508 e. The van der Waals surface area contributed by atoms with Crippen LogP contribution in [0.15, 0.2) is 53.5 Å². The summed E-state index contributed by atoms with van der Waals surface area (Å²) in [6.07, 6.45) is 13.1.